The average molecular weight is 263 g/mol. The van der Waals surface area contributed by atoms with E-state index in [1.54, 1.807) is 7.11 Å². The summed E-state index contributed by atoms with van der Waals surface area (Å²) >= 11 is 0. The Morgan fingerprint density at radius 3 is 2.58 bits per heavy atom. The lowest BCUT2D eigenvalue weighted by Gasteiger charge is -2.36. The van der Waals surface area contributed by atoms with Gasteiger partial charge in [0.15, 0.2) is 5.75 Å². The number of hydrogen-bond acceptors (Lipinski definition) is 4. The highest BCUT2D eigenvalue weighted by Crippen LogP contribution is 2.32. The molecule has 0 aromatic carbocycles. The maximum Gasteiger partial charge on any atom is 0.160 e. The minimum absolute atomic E-state index is 0.597. The summed E-state index contributed by atoms with van der Waals surface area (Å²) in [6.45, 7) is 2.02. The molecule has 0 atom stereocenters. The van der Waals surface area contributed by atoms with Crippen LogP contribution in [0.15, 0.2) is 12.3 Å². The van der Waals surface area contributed by atoms with Gasteiger partial charge in [-0.25, -0.2) is 0 Å². The summed E-state index contributed by atoms with van der Waals surface area (Å²) in [7, 11) is 5.94. The van der Waals surface area contributed by atoms with Crippen LogP contribution in [0, 0.1) is 6.92 Å². The zero-order valence-corrected chi connectivity index (χ0v) is 12.4. The Morgan fingerprint density at radius 1 is 1.32 bits per heavy atom. The van der Waals surface area contributed by atoms with Crippen LogP contribution in [0.2, 0.25) is 0 Å². The number of anilines is 1. The van der Waals surface area contributed by atoms with Crippen molar-refractivity contribution in [2.75, 3.05) is 26.1 Å². The van der Waals surface area contributed by atoms with E-state index < -0.39 is 0 Å². The predicted molar refractivity (Wildman–Crippen MR) is 79.0 cm³/mol. The fourth-order valence-electron chi connectivity index (χ4n) is 2.91. The maximum atomic E-state index is 5.44. The SMILES string of the molecule is CNC1CCC(N(C)c2cc(C)ncc2OC)CC1. The van der Waals surface area contributed by atoms with Crippen molar-refractivity contribution in [1.82, 2.24) is 10.3 Å². The van der Waals surface area contributed by atoms with Crippen LogP contribution in [0.1, 0.15) is 31.4 Å². The maximum absolute atomic E-state index is 5.44. The number of methoxy groups -OCH3 is 1. The molecule has 0 spiro atoms. The molecule has 106 valence electrons. The van der Waals surface area contributed by atoms with Gasteiger partial charge in [0.25, 0.3) is 0 Å². The Balaban J connectivity index is 2.11. The Bertz CT molecular complexity index is 414. The molecule has 0 aliphatic heterocycles. The van der Waals surface area contributed by atoms with E-state index in [1.807, 2.05) is 13.1 Å². The van der Waals surface area contributed by atoms with Gasteiger partial charge in [-0.3, -0.25) is 4.98 Å². The molecule has 1 aliphatic carbocycles. The van der Waals surface area contributed by atoms with Crippen LogP contribution in [0.3, 0.4) is 0 Å². The van der Waals surface area contributed by atoms with E-state index in [2.05, 4.69) is 35.4 Å². The number of pyridine rings is 1. The Kier molecular flexibility index (Phi) is 4.64. The molecule has 1 N–H and O–H groups in total. The summed E-state index contributed by atoms with van der Waals surface area (Å²) in [6.07, 6.45) is 6.77. The van der Waals surface area contributed by atoms with Crippen LogP contribution in [-0.4, -0.2) is 38.3 Å². The Morgan fingerprint density at radius 2 is 2.00 bits per heavy atom. The van der Waals surface area contributed by atoms with Crippen molar-refractivity contribution in [3.05, 3.63) is 18.0 Å². The normalized spacial score (nSPS) is 23.2. The molecule has 0 saturated heterocycles. The first-order valence-electron chi connectivity index (χ1n) is 7.06. The van der Waals surface area contributed by atoms with Gasteiger partial charge < -0.3 is 15.0 Å². The highest BCUT2D eigenvalue weighted by Gasteiger charge is 2.24. The fraction of sp³-hybridized carbons (Fsp3) is 0.667. The van der Waals surface area contributed by atoms with Gasteiger partial charge in [-0.05, 0) is 45.7 Å². The molecular formula is C15H25N3O. The first-order chi connectivity index (χ1) is 9.15. The summed E-state index contributed by atoms with van der Waals surface area (Å²) in [5.74, 6) is 0.865. The number of aromatic nitrogens is 1. The van der Waals surface area contributed by atoms with E-state index in [9.17, 15) is 0 Å². The second-order valence-electron chi connectivity index (χ2n) is 5.40. The van der Waals surface area contributed by atoms with Gasteiger partial charge in [0.1, 0.15) is 0 Å². The number of aryl methyl sites for hydroxylation is 1. The van der Waals surface area contributed by atoms with Crippen LogP contribution in [-0.2, 0) is 0 Å². The number of nitrogens with one attached hydrogen (secondary N) is 1. The molecule has 4 heteroatoms. The molecule has 1 fully saturated rings. The zero-order valence-electron chi connectivity index (χ0n) is 12.4. The monoisotopic (exact) mass is 263 g/mol. The van der Waals surface area contributed by atoms with E-state index in [-0.39, 0.29) is 0 Å². The third-order valence-corrected chi connectivity index (χ3v) is 4.24. The minimum atomic E-state index is 0.597. The molecule has 0 amide bonds. The van der Waals surface area contributed by atoms with Gasteiger partial charge in [0, 0.05) is 24.8 Å². The molecule has 2 rings (SSSR count). The number of rotatable bonds is 4. The molecule has 1 aromatic heterocycles. The van der Waals surface area contributed by atoms with Crippen molar-refractivity contribution < 1.29 is 4.74 Å². The lowest BCUT2D eigenvalue weighted by atomic mass is 9.90. The lowest BCUT2D eigenvalue weighted by Crippen LogP contribution is -2.40. The largest absolute Gasteiger partial charge is 0.493 e. The number of hydrogen-bond donors (Lipinski definition) is 1. The van der Waals surface area contributed by atoms with Crippen LogP contribution in [0.5, 0.6) is 5.75 Å². The van der Waals surface area contributed by atoms with Gasteiger partial charge in [-0.2, -0.15) is 0 Å². The smallest absolute Gasteiger partial charge is 0.160 e. The summed E-state index contributed by atoms with van der Waals surface area (Å²) in [6, 6.07) is 3.40. The highest BCUT2D eigenvalue weighted by atomic mass is 16.5. The Labute approximate surface area is 116 Å². The third-order valence-electron chi connectivity index (χ3n) is 4.24. The molecule has 19 heavy (non-hydrogen) atoms. The van der Waals surface area contributed by atoms with Crippen LogP contribution in [0.4, 0.5) is 5.69 Å². The molecular weight excluding hydrogens is 238 g/mol. The van der Waals surface area contributed by atoms with Crippen molar-refractivity contribution in [2.24, 2.45) is 0 Å². The number of nitrogens with zero attached hydrogens (tertiary/aromatic N) is 2. The van der Waals surface area contributed by atoms with Crippen LogP contribution >= 0.6 is 0 Å². The summed E-state index contributed by atoms with van der Waals surface area (Å²) in [4.78, 5) is 6.66. The van der Waals surface area contributed by atoms with Crippen molar-refractivity contribution in [2.45, 2.75) is 44.7 Å². The van der Waals surface area contributed by atoms with E-state index in [1.165, 1.54) is 25.7 Å². The van der Waals surface area contributed by atoms with Crippen LogP contribution in [0.25, 0.3) is 0 Å². The second kappa shape index (κ2) is 6.24. The van der Waals surface area contributed by atoms with E-state index in [0.29, 0.717) is 12.1 Å². The molecule has 1 aromatic rings. The van der Waals surface area contributed by atoms with Crippen molar-refractivity contribution in [1.29, 1.82) is 0 Å². The zero-order chi connectivity index (χ0) is 13.8. The van der Waals surface area contributed by atoms with Gasteiger partial charge in [-0.1, -0.05) is 0 Å². The molecule has 4 nitrogen and oxygen atoms in total. The molecule has 1 heterocycles. The van der Waals surface area contributed by atoms with E-state index in [0.717, 1.165) is 17.1 Å². The molecule has 1 saturated carbocycles. The van der Waals surface area contributed by atoms with Gasteiger partial charge in [0.05, 0.1) is 19.0 Å². The van der Waals surface area contributed by atoms with Gasteiger partial charge in [-0.15, -0.1) is 0 Å². The standard InChI is InChI=1S/C15H25N3O/c1-11-9-14(15(19-4)10-17-11)18(3)13-7-5-12(16-2)6-8-13/h9-10,12-13,16H,5-8H2,1-4H3. The van der Waals surface area contributed by atoms with Crippen molar-refractivity contribution in [3.8, 4) is 5.75 Å². The highest BCUT2D eigenvalue weighted by molar-refractivity contribution is 5.58. The Hall–Kier alpha value is -1.29. The van der Waals surface area contributed by atoms with E-state index >= 15 is 0 Å². The molecule has 0 radical (unpaired) electrons. The van der Waals surface area contributed by atoms with Gasteiger partial charge >= 0.3 is 0 Å². The summed E-state index contributed by atoms with van der Waals surface area (Å²) in [5, 5.41) is 3.38. The molecule has 0 bridgehead atoms. The fourth-order valence-corrected chi connectivity index (χ4v) is 2.91. The number of ether oxygens (including phenoxy) is 1. The molecule has 0 unspecified atom stereocenters. The van der Waals surface area contributed by atoms with Crippen molar-refractivity contribution in [3.63, 3.8) is 0 Å². The predicted octanol–water partition coefficient (Wildman–Crippen LogP) is 2.37. The van der Waals surface area contributed by atoms with Crippen molar-refractivity contribution >= 4 is 5.69 Å². The molecule has 1 aliphatic rings. The third kappa shape index (κ3) is 3.18. The second-order valence-corrected chi connectivity index (χ2v) is 5.40. The van der Waals surface area contributed by atoms with Crippen LogP contribution < -0.4 is 15.0 Å². The first kappa shape index (κ1) is 14.1. The summed E-state index contributed by atoms with van der Waals surface area (Å²) in [5.41, 5.74) is 2.19. The van der Waals surface area contributed by atoms with E-state index in [4.69, 9.17) is 4.74 Å². The minimum Gasteiger partial charge on any atom is -0.493 e. The summed E-state index contributed by atoms with van der Waals surface area (Å²) < 4.78 is 5.44. The topological polar surface area (TPSA) is 37.4 Å². The quantitative estimate of drug-likeness (QED) is 0.905. The first-order valence-corrected chi connectivity index (χ1v) is 7.06. The lowest BCUT2D eigenvalue weighted by molar-refractivity contribution is 0.348. The average Bonchev–Trinajstić information content (AvgIpc) is 2.46. The van der Waals surface area contributed by atoms with Gasteiger partial charge in [0.2, 0.25) is 0 Å².